The fraction of sp³-hybridized carbons (Fsp3) is 0.219. The Hall–Kier alpha value is -4.02. The average Bonchev–Trinajstić information content (AvgIpc) is 3.01. The number of carbonyl (C=O) groups excluding carboxylic acids is 1. The van der Waals surface area contributed by atoms with Gasteiger partial charge in [0.25, 0.3) is 5.91 Å². The molecule has 41 heavy (non-hydrogen) atoms. The van der Waals surface area contributed by atoms with Crippen molar-refractivity contribution in [2.75, 3.05) is 11.1 Å². The van der Waals surface area contributed by atoms with Gasteiger partial charge in [0.2, 0.25) is 0 Å². The van der Waals surface area contributed by atoms with Crippen molar-refractivity contribution in [3.8, 4) is 0 Å². The molecule has 3 aromatic carbocycles. The second-order valence-electron chi connectivity index (χ2n) is 9.75. The minimum Gasteiger partial charge on any atom is -0.478 e. The number of rotatable bonds is 9. The van der Waals surface area contributed by atoms with Crippen LogP contribution in [0.2, 0.25) is 0 Å². The van der Waals surface area contributed by atoms with Gasteiger partial charge in [0.05, 0.1) is 29.9 Å². The first-order valence-corrected chi connectivity index (χ1v) is 14.2. The van der Waals surface area contributed by atoms with Gasteiger partial charge in [-0.05, 0) is 47.5 Å². The van der Waals surface area contributed by atoms with Crippen molar-refractivity contribution < 1.29 is 29.3 Å². The molecular weight excluding hydrogens is 540 g/mol. The number of aliphatic hydroxyl groups excluding tert-OH is 1. The van der Waals surface area contributed by atoms with E-state index in [1.807, 2.05) is 42.5 Å². The highest BCUT2D eigenvalue weighted by Crippen LogP contribution is 2.43. The lowest BCUT2D eigenvalue weighted by molar-refractivity contribution is -0.268. The Morgan fingerprint density at radius 2 is 1.66 bits per heavy atom. The molecule has 1 aliphatic rings. The van der Waals surface area contributed by atoms with Crippen LogP contribution in [0.5, 0.6) is 0 Å². The van der Waals surface area contributed by atoms with Crippen LogP contribution in [-0.2, 0) is 16.1 Å². The standard InChI is InChI=1S/C32H30N2O6S/c1-20-27(19-41-28-7-3-2-6-26(28)31(37)38)39-32(40-29(20)22-10-8-21(18-35)9-11-22)23-12-14-25(15-13-23)34-30(36)24-5-4-16-33-17-24/h2-17,20,27,29,32,35H,18-19H2,1H3,(H,34,36)(H,37,38). The smallest absolute Gasteiger partial charge is 0.336 e. The molecule has 210 valence electrons. The molecule has 0 saturated carbocycles. The Morgan fingerprint density at radius 3 is 2.34 bits per heavy atom. The number of hydrogen-bond donors (Lipinski definition) is 3. The summed E-state index contributed by atoms with van der Waals surface area (Å²) < 4.78 is 13.0. The van der Waals surface area contributed by atoms with E-state index in [4.69, 9.17) is 9.47 Å². The van der Waals surface area contributed by atoms with Gasteiger partial charge < -0.3 is 25.0 Å². The van der Waals surface area contributed by atoms with E-state index in [0.717, 1.165) is 16.7 Å². The van der Waals surface area contributed by atoms with Crippen LogP contribution in [0, 0.1) is 5.92 Å². The molecule has 0 bridgehead atoms. The van der Waals surface area contributed by atoms with Crippen molar-refractivity contribution in [3.63, 3.8) is 0 Å². The molecular formula is C32H30N2O6S. The highest BCUT2D eigenvalue weighted by atomic mass is 32.2. The average molecular weight is 571 g/mol. The maximum Gasteiger partial charge on any atom is 0.336 e. The van der Waals surface area contributed by atoms with Crippen LogP contribution in [0.4, 0.5) is 5.69 Å². The zero-order chi connectivity index (χ0) is 28.8. The van der Waals surface area contributed by atoms with E-state index >= 15 is 0 Å². The number of nitrogens with zero attached hydrogens (tertiary/aromatic N) is 1. The summed E-state index contributed by atoms with van der Waals surface area (Å²) in [6.07, 6.45) is 1.88. The molecule has 4 atom stereocenters. The molecule has 8 nitrogen and oxygen atoms in total. The second-order valence-corrected chi connectivity index (χ2v) is 10.8. The van der Waals surface area contributed by atoms with Crippen molar-refractivity contribution >= 4 is 29.3 Å². The molecule has 1 amide bonds. The Labute approximate surface area is 242 Å². The number of carbonyl (C=O) groups is 2. The lowest BCUT2D eigenvalue weighted by Gasteiger charge is -2.41. The number of benzene rings is 3. The fourth-order valence-electron chi connectivity index (χ4n) is 4.67. The maximum atomic E-state index is 12.5. The number of ether oxygens (including phenoxy) is 2. The molecule has 1 saturated heterocycles. The van der Waals surface area contributed by atoms with Crippen molar-refractivity contribution in [3.05, 3.63) is 125 Å². The van der Waals surface area contributed by atoms with Gasteiger partial charge in [0, 0.05) is 40.2 Å². The molecule has 0 spiro atoms. The van der Waals surface area contributed by atoms with Crippen LogP contribution in [0.3, 0.4) is 0 Å². The number of pyridine rings is 1. The number of aromatic nitrogens is 1. The molecule has 1 aliphatic heterocycles. The molecule has 0 aliphatic carbocycles. The van der Waals surface area contributed by atoms with Gasteiger partial charge in [-0.25, -0.2) is 4.79 Å². The zero-order valence-electron chi connectivity index (χ0n) is 22.3. The first kappa shape index (κ1) is 28.5. The van der Waals surface area contributed by atoms with Gasteiger partial charge in [-0.2, -0.15) is 0 Å². The van der Waals surface area contributed by atoms with Crippen molar-refractivity contribution in [2.45, 2.75) is 36.9 Å². The summed E-state index contributed by atoms with van der Waals surface area (Å²) >= 11 is 1.45. The number of anilines is 1. The minimum atomic E-state index is -0.968. The molecule has 9 heteroatoms. The first-order valence-electron chi connectivity index (χ1n) is 13.2. The predicted octanol–water partition coefficient (Wildman–Crippen LogP) is 6.11. The highest BCUT2D eigenvalue weighted by Gasteiger charge is 2.38. The molecule has 3 N–H and O–H groups in total. The summed E-state index contributed by atoms with van der Waals surface area (Å²) in [6.45, 7) is 2.02. The Balaban J connectivity index is 1.36. The van der Waals surface area contributed by atoms with Crippen molar-refractivity contribution in [1.29, 1.82) is 0 Å². The summed E-state index contributed by atoms with van der Waals surface area (Å²) in [5.41, 5.74) is 3.91. The molecule has 4 unspecified atom stereocenters. The van der Waals surface area contributed by atoms with Gasteiger partial charge in [-0.1, -0.05) is 55.5 Å². The molecule has 1 fully saturated rings. The predicted molar refractivity (Wildman–Crippen MR) is 156 cm³/mol. The van der Waals surface area contributed by atoms with E-state index in [-0.39, 0.29) is 36.2 Å². The number of carboxylic acids is 1. The SMILES string of the molecule is CC1C(CSc2ccccc2C(=O)O)OC(c2ccc(NC(=O)c3cccnc3)cc2)OC1c1ccc(CO)cc1. The molecule has 4 aromatic rings. The number of thioether (sulfide) groups is 1. The van der Waals surface area contributed by atoms with Gasteiger partial charge in [0.15, 0.2) is 6.29 Å². The largest absolute Gasteiger partial charge is 0.478 e. The van der Waals surface area contributed by atoms with E-state index in [2.05, 4.69) is 17.2 Å². The molecule has 5 rings (SSSR count). The zero-order valence-corrected chi connectivity index (χ0v) is 23.2. The summed E-state index contributed by atoms with van der Waals surface area (Å²) in [6, 6.07) is 25.3. The van der Waals surface area contributed by atoms with Crippen LogP contribution >= 0.6 is 11.8 Å². The molecule has 2 heterocycles. The summed E-state index contributed by atoms with van der Waals surface area (Å²) in [7, 11) is 0. The highest BCUT2D eigenvalue weighted by molar-refractivity contribution is 7.99. The summed E-state index contributed by atoms with van der Waals surface area (Å²) in [4.78, 5) is 28.9. The number of carboxylic acid groups (broad SMARTS) is 1. The van der Waals surface area contributed by atoms with Crippen LogP contribution in [0.25, 0.3) is 0 Å². The third-order valence-electron chi connectivity index (χ3n) is 7.01. The monoisotopic (exact) mass is 570 g/mol. The quantitative estimate of drug-likeness (QED) is 0.206. The number of amides is 1. The van der Waals surface area contributed by atoms with Crippen LogP contribution in [0.15, 0.2) is 102 Å². The normalized spacial score (nSPS) is 20.3. The van der Waals surface area contributed by atoms with E-state index in [1.54, 1.807) is 48.7 Å². The third kappa shape index (κ3) is 6.83. The lowest BCUT2D eigenvalue weighted by Crippen LogP contribution is -2.38. The Bertz CT molecular complexity index is 1480. The maximum absolute atomic E-state index is 12.5. The second kappa shape index (κ2) is 13.1. The summed E-state index contributed by atoms with van der Waals surface area (Å²) in [5.74, 6) is -0.747. The van der Waals surface area contributed by atoms with Gasteiger partial charge in [-0.3, -0.25) is 9.78 Å². The number of aliphatic hydroxyl groups is 1. The van der Waals surface area contributed by atoms with E-state index in [0.29, 0.717) is 21.9 Å². The van der Waals surface area contributed by atoms with Crippen LogP contribution < -0.4 is 5.32 Å². The molecule has 0 radical (unpaired) electrons. The number of hydrogen-bond acceptors (Lipinski definition) is 7. The minimum absolute atomic E-state index is 0.0426. The fourth-order valence-corrected chi connectivity index (χ4v) is 5.89. The Morgan fingerprint density at radius 1 is 0.927 bits per heavy atom. The van der Waals surface area contributed by atoms with Gasteiger partial charge >= 0.3 is 5.97 Å². The first-order chi connectivity index (χ1) is 19.9. The van der Waals surface area contributed by atoms with E-state index < -0.39 is 12.3 Å². The van der Waals surface area contributed by atoms with Crippen molar-refractivity contribution in [2.24, 2.45) is 5.92 Å². The van der Waals surface area contributed by atoms with Crippen LogP contribution in [0.1, 0.15) is 56.7 Å². The Kier molecular flexibility index (Phi) is 9.11. The van der Waals surface area contributed by atoms with Gasteiger partial charge in [0.1, 0.15) is 0 Å². The van der Waals surface area contributed by atoms with Crippen LogP contribution in [-0.4, -0.2) is 38.9 Å². The topological polar surface area (TPSA) is 118 Å². The van der Waals surface area contributed by atoms with Crippen molar-refractivity contribution in [1.82, 2.24) is 4.98 Å². The number of nitrogens with one attached hydrogen (secondary N) is 1. The summed E-state index contributed by atoms with van der Waals surface area (Å²) in [5, 5.41) is 22.0. The van der Waals surface area contributed by atoms with Gasteiger partial charge in [-0.15, -0.1) is 11.8 Å². The number of aromatic carboxylic acids is 1. The van der Waals surface area contributed by atoms with E-state index in [1.165, 1.54) is 18.0 Å². The third-order valence-corrected chi connectivity index (χ3v) is 8.17. The lowest BCUT2D eigenvalue weighted by atomic mass is 9.91. The molecule has 1 aromatic heterocycles. The van der Waals surface area contributed by atoms with E-state index in [9.17, 15) is 19.8 Å².